The summed E-state index contributed by atoms with van der Waals surface area (Å²) in [6.07, 6.45) is 1.54. The molecule has 0 fully saturated rings. The second-order valence-electron chi connectivity index (χ2n) is 3.28. The molecule has 16 heavy (non-hydrogen) atoms. The Kier molecular flexibility index (Phi) is 3.22. The molecule has 2 N–H and O–H groups in total. The summed E-state index contributed by atoms with van der Waals surface area (Å²) in [6.45, 7) is 0.467. The maximum atomic E-state index is 11.5. The van der Waals surface area contributed by atoms with E-state index in [0.29, 0.717) is 17.3 Å². The van der Waals surface area contributed by atoms with Gasteiger partial charge in [0.25, 0.3) is 5.91 Å². The Morgan fingerprint density at radius 1 is 1.31 bits per heavy atom. The number of carbonyl (C=O) groups is 1. The van der Waals surface area contributed by atoms with E-state index in [1.54, 1.807) is 18.2 Å². The lowest BCUT2D eigenvalue weighted by molar-refractivity contribution is 0.0946. The molecule has 0 aliphatic carbocycles. The zero-order valence-corrected chi connectivity index (χ0v) is 9.16. The van der Waals surface area contributed by atoms with Crippen LogP contribution in [0.2, 0.25) is 5.02 Å². The molecule has 2 rings (SSSR count). The molecular weight excluding hydrogens is 226 g/mol. The highest BCUT2D eigenvalue weighted by atomic mass is 35.5. The molecule has 0 bridgehead atoms. The molecule has 5 heteroatoms. The number of aromatic amines is 1. The molecule has 1 aromatic carbocycles. The van der Waals surface area contributed by atoms with Crippen LogP contribution < -0.4 is 5.32 Å². The van der Waals surface area contributed by atoms with Crippen molar-refractivity contribution >= 4 is 17.5 Å². The minimum Gasteiger partial charge on any atom is -0.347 e. The van der Waals surface area contributed by atoms with E-state index >= 15 is 0 Å². The summed E-state index contributed by atoms with van der Waals surface area (Å²) in [5, 5.41) is 9.76. The molecule has 0 aliphatic rings. The number of carbonyl (C=O) groups excluding carboxylic acids is 1. The molecule has 0 saturated heterocycles. The Morgan fingerprint density at radius 3 is 2.69 bits per heavy atom. The smallest absolute Gasteiger partial charge is 0.269 e. The number of benzene rings is 1. The number of rotatable bonds is 3. The first-order chi connectivity index (χ1) is 7.75. The van der Waals surface area contributed by atoms with Crippen molar-refractivity contribution in [3.8, 4) is 0 Å². The third kappa shape index (κ3) is 2.61. The van der Waals surface area contributed by atoms with Crippen molar-refractivity contribution in [1.29, 1.82) is 0 Å². The van der Waals surface area contributed by atoms with Gasteiger partial charge in [-0.3, -0.25) is 9.89 Å². The van der Waals surface area contributed by atoms with E-state index < -0.39 is 0 Å². The molecule has 4 nitrogen and oxygen atoms in total. The number of nitrogens with one attached hydrogen (secondary N) is 2. The van der Waals surface area contributed by atoms with Crippen LogP contribution in [-0.2, 0) is 6.54 Å². The molecule has 1 amide bonds. The van der Waals surface area contributed by atoms with Crippen LogP contribution in [0.5, 0.6) is 0 Å². The second kappa shape index (κ2) is 4.81. The average Bonchev–Trinajstić information content (AvgIpc) is 2.81. The first kappa shape index (κ1) is 10.7. The Hall–Kier alpha value is -1.81. The summed E-state index contributed by atoms with van der Waals surface area (Å²) in [4.78, 5) is 11.5. The molecule has 2 aromatic rings. The molecule has 0 atom stereocenters. The Balaban J connectivity index is 1.93. The van der Waals surface area contributed by atoms with Gasteiger partial charge in [-0.1, -0.05) is 23.7 Å². The fourth-order valence-corrected chi connectivity index (χ4v) is 1.39. The van der Waals surface area contributed by atoms with Crippen molar-refractivity contribution < 1.29 is 4.79 Å². The molecular formula is C11H10ClN3O. The molecule has 0 spiro atoms. The van der Waals surface area contributed by atoms with Gasteiger partial charge in [0, 0.05) is 17.8 Å². The van der Waals surface area contributed by atoms with Gasteiger partial charge in [0.1, 0.15) is 5.69 Å². The third-order valence-corrected chi connectivity index (χ3v) is 2.36. The van der Waals surface area contributed by atoms with Crippen LogP contribution in [0.4, 0.5) is 0 Å². The zero-order valence-electron chi connectivity index (χ0n) is 8.40. The summed E-state index contributed by atoms with van der Waals surface area (Å²) in [5.41, 5.74) is 1.45. The van der Waals surface area contributed by atoms with Crippen LogP contribution in [-0.4, -0.2) is 16.1 Å². The summed E-state index contributed by atoms with van der Waals surface area (Å²) < 4.78 is 0. The van der Waals surface area contributed by atoms with E-state index in [-0.39, 0.29) is 5.91 Å². The topological polar surface area (TPSA) is 57.8 Å². The molecule has 82 valence electrons. The van der Waals surface area contributed by atoms with Crippen LogP contribution in [0.25, 0.3) is 0 Å². The van der Waals surface area contributed by atoms with Gasteiger partial charge in [0.15, 0.2) is 0 Å². The number of amides is 1. The Morgan fingerprint density at radius 2 is 2.06 bits per heavy atom. The lowest BCUT2D eigenvalue weighted by atomic mass is 10.2. The largest absolute Gasteiger partial charge is 0.347 e. The Labute approximate surface area is 97.6 Å². The zero-order chi connectivity index (χ0) is 11.4. The molecule has 0 unspecified atom stereocenters. The Bertz CT molecular complexity index is 464. The first-order valence-corrected chi connectivity index (χ1v) is 5.15. The van der Waals surface area contributed by atoms with Gasteiger partial charge in [-0.25, -0.2) is 0 Å². The van der Waals surface area contributed by atoms with Gasteiger partial charge in [-0.2, -0.15) is 5.10 Å². The van der Waals surface area contributed by atoms with Crippen molar-refractivity contribution in [3.05, 3.63) is 52.8 Å². The molecule has 0 aliphatic heterocycles. The normalized spacial score (nSPS) is 10.1. The third-order valence-electron chi connectivity index (χ3n) is 2.11. The SMILES string of the molecule is O=C(NCc1ccc(Cl)cc1)c1ccn[nH]1. The van der Waals surface area contributed by atoms with Crippen molar-refractivity contribution in [1.82, 2.24) is 15.5 Å². The van der Waals surface area contributed by atoms with Crippen LogP contribution in [0, 0.1) is 0 Å². The minimum absolute atomic E-state index is 0.174. The average molecular weight is 236 g/mol. The number of H-pyrrole nitrogens is 1. The van der Waals surface area contributed by atoms with Gasteiger partial charge >= 0.3 is 0 Å². The van der Waals surface area contributed by atoms with E-state index in [0.717, 1.165) is 5.56 Å². The highest BCUT2D eigenvalue weighted by Crippen LogP contribution is 2.09. The predicted octanol–water partition coefficient (Wildman–Crippen LogP) is 1.99. The molecule has 0 saturated carbocycles. The molecule has 0 radical (unpaired) electrons. The highest BCUT2D eigenvalue weighted by Gasteiger charge is 2.05. The van der Waals surface area contributed by atoms with E-state index in [2.05, 4.69) is 15.5 Å². The van der Waals surface area contributed by atoms with Crippen LogP contribution in [0.15, 0.2) is 36.5 Å². The lowest BCUT2D eigenvalue weighted by Crippen LogP contribution is -2.23. The number of nitrogens with zero attached hydrogens (tertiary/aromatic N) is 1. The van der Waals surface area contributed by atoms with Crippen LogP contribution in [0.1, 0.15) is 16.1 Å². The molecule has 1 aromatic heterocycles. The van der Waals surface area contributed by atoms with Gasteiger partial charge < -0.3 is 5.32 Å². The van der Waals surface area contributed by atoms with Gasteiger partial charge in [-0.05, 0) is 23.8 Å². The van der Waals surface area contributed by atoms with Gasteiger partial charge in [0.2, 0.25) is 0 Å². The summed E-state index contributed by atoms with van der Waals surface area (Å²) in [7, 11) is 0. The number of halogens is 1. The van der Waals surface area contributed by atoms with Crippen LogP contribution in [0.3, 0.4) is 0 Å². The molecule has 1 heterocycles. The number of aromatic nitrogens is 2. The van der Waals surface area contributed by atoms with E-state index in [1.807, 2.05) is 12.1 Å². The lowest BCUT2D eigenvalue weighted by Gasteiger charge is -2.03. The second-order valence-corrected chi connectivity index (χ2v) is 3.72. The quantitative estimate of drug-likeness (QED) is 0.855. The highest BCUT2D eigenvalue weighted by molar-refractivity contribution is 6.30. The van der Waals surface area contributed by atoms with Gasteiger partial charge in [0.05, 0.1) is 0 Å². The predicted molar refractivity (Wildman–Crippen MR) is 61.2 cm³/mol. The first-order valence-electron chi connectivity index (χ1n) is 4.78. The fraction of sp³-hybridized carbons (Fsp3) is 0.0909. The minimum atomic E-state index is -0.174. The van der Waals surface area contributed by atoms with Crippen molar-refractivity contribution in [2.45, 2.75) is 6.54 Å². The standard InChI is InChI=1S/C11H10ClN3O/c12-9-3-1-8(2-4-9)7-13-11(16)10-5-6-14-15-10/h1-6H,7H2,(H,13,16)(H,14,15). The van der Waals surface area contributed by atoms with Gasteiger partial charge in [-0.15, -0.1) is 0 Å². The monoisotopic (exact) mass is 235 g/mol. The van der Waals surface area contributed by atoms with E-state index in [9.17, 15) is 4.79 Å². The number of hydrogen-bond acceptors (Lipinski definition) is 2. The van der Waals surface area contributed by atoms with Crippen LogP contribution >= 0.6 is 11.6 Å². The maximum Gasteiger partial charge on any atom is 0.269 e. The maximum absolute atomic E-state index is 11.5. The fourth-order valence-electron chi connectivity index (χ4n) is 1.26. The summed E-state index contributed by atoms with van der Waals surface area (Å²) in [5.74, 6) is -0.174. The number of hydrogen-bond donors (Lipinski definition) is 2. The van der Waals surface area contributed by atoms with Crippen molar-refractivity contribution in [3.63, 3.8) is 0 Å². The van der Waals surface area contributed by atoms with Crippen molar-refractivity contribution in [2.24, 2.45) is 0 Å². The summed E-state index contributed by atoms with van der Waals surface area (Å²) in [6, 6.07) is 8.95. The van der Waals surface area contributed by atoms with E-state index in [1.165, 1.54) is 6.20 Å². The summed E-state index contributed by atoms with van der Waals surface area (Å²) >= 11 is 5.75. The van der Waals surface area contributed by atoms with E-state index in [4.69, 9.17) is 11.6 Å². The van der Waals surface area contributed by atoms with Crippen molar-refractivity contribution in [2.75, 3.05) is 0 Å².